The SMILES string of the molecule is N#Cc1cncc(Oc2cc(C(=O)Nc3ccccn3)c3nncn3c2)c1. The van der Waals surface area contributed by atoms with Crippen molar-refractivity contribution in [3.8, 4) is 17.6 Å². The molecule has 0 spiro atoms. The number of anilines is 1. The molecular formula is C18H11N7O2. The van der Waals surface area contributed by atoms with Crippen LogP contribution in [0.15, 0.2) is 61.4 Å². The zero-order valence-corrected chi connectivity index (χ0v) is 13.8. The van der Waals surface area contributed by atoms with Gasteiger partial charge in [0.1, 0.15) is 29.7 Å². The minimum absolute atomic E-state index is 0.264. The molecule has 0 atom stereocenters. The van der Waals surface area contributed by atoms with E-state index in [0.717, 1.165) is 0 Å². The molecule has 0 saturated carbocycles. The minimum atomic E-state index is -0.402. The average molecular weight is 357 g/mol. The summed E-state index contributed by atoms with van der Waals surface area (Å²) in [4.78, 5) is 20.7. The van der Waals surface area contributed by atoms with E-state index in [-0.39, 0.29) is 5.56 Å². The zero-order chi connectivity index (χ0) is 18.6. The van der Waals surface area contributed by atoms with Gasteiger partial charge in [0.2, 0.25) is 0 Å². The molecule has 0 radical (unpaired) electrons. The lowest BCUT2D eigenvalue weighted by atomic mass is 10.2. The number of nitrogens with zero attached hydrogens (tertiary/aromatic N) is 6. The van der Waals surface area contributed by atoms with Crippen LogP contribution in [0.2, 0.25) is 0 Å². The van der Waals surface area contributed by atoms with Gasteiger partial charge >= 0.3 is 0 Å². The highest BCUT2D eigenvalue weighted by molar-refractivity contribution is 6.08. The molecule has 1 N–H and O–H groups in total. The predicted molar refractivity (Wildman–Crippen MR) is 94.2 cm³/mol. The highest BCUT2D eigenvalue weighted by atomic mass is 16.5. The first-order valence-corrected chi connectivity index (χ1v) is 7.82. The number of amides is 1. The fourth-order valence-corrected chi connectivity index (χ4v) is 2.43. The largest absolute Gasteiger partial charge is 0.454 e. The molecule has 130 valence electrons. The Morgan fingerprint density at radius 3 is 2.96 bits per heavy atom. The second-order valence-corrected chi connectivity index (χ2v) is 5.44. The average Bonchev–Trinajstić information content (AvgIpc) is 3.17. The van der Waals surface area contributed by atoms with E-state index in [1.165, 1.54) is 18.7 Å². The van der Waals surface area contributed by atoms with Crippen LogP contribution in [-0.2, 0) is 0 Å². The van der Waals surface area contributed by atoms with Gasteiger partial charge in [-0.3, -0.25) is 14.2 Å². The highest BCUT2D eigenvalue weighted by Gasteiger charge is 2.16. The molecule has 0 unspecified atom stereocenters. The van der Waals surface area contributed by atoms with Gasteiger partial charge in [-0.2, -0.15) is 5.26 Å². The Labute approximate surface area is 152 Å². The van der Waals surface area contributed by atoms with Crippen LogP contribution < -0.4 is 10.1 Å². The summed E-state index contributed by atoms with van der Waals surface area (Å²) in [6.07, 6.45) is 7.58. The van der Waals surface area contributed by atoms with Crippen molar-refractivity contribution in [1.82, 2.24) is 24.6 Å². The zero-order valence-electron chi connectivity index (χ0n) is 13.8. The van der Waals surface area contributed by atoms with Gasteiger partial charge in [-0.25, -0.2) is 4.98 Å². The number of carbonyl (C=O) groups is 1. The quantitative estimate of drug-likeness (QED) is 0.596. The molecule has 0 aliphatic heterocycles. The van der Waals surface area contributed by atoms with E-state index in [0.29, 0.717) is 28.5 Å². The number of nitrogens with one attached hydrogen (secondary N) is 1. The first kappa shape index (κ1) is 16.2. The van der Waals surface area contributed by atoms with Crippen LogP contribution in [0.1, 0.15) is 15.9 Å². The molecule has 4 aromatic rings. The first-order chi connectivity index (χ1) is 13.2. The number of nitriles is 1. The van der Waals surface area contributed by atoms with Gasteiger partial charge in [0.05, 0.1) is 23.5 Å². The van der Waals surface area contributed by atoms with Crippen molar-refractivity contribution in [2.45, 2.75) is 0 Å². The van der Waals surface area contributed by atoms with Gasteiger partial charge in [0.15, 0.2) is 5.65 Å². The molecule has 0 aliphatic carbocycles. The van der Waals surface area contributed by atoms with E-state index in [9.17, 15) is 4.79 Å². The maximum absolute atomic E-state index is 12.7. The maximum Gasteiger partial charge on any atom is 0.260 e. The van der Waals surface area contributed by atoms with Gasteiger partial charge < -0.3 is 10.1 Å². The monoisotopic (exact) mass is 357 g/mol. The van der Waals surface area contributed by atoms with Crippen LogP contribution in [-0.4, -0.2) is 30.5 Å². The molecule has 9 heteroatoms. The molecule has 0 aliphatic rings. The molecule has 4 heterocycles. The molecule has 1 amide bonds. The Morgan fingerprint density at radius 2 is 2.15 bits per heavy atom. The Kier molecular flexibility index (Phi) is 4.13. The second-order valence-electron chi connectivity index (χ2n) is 5.44. The number of ether oxygens (including phenoxy) is 1. The normalized spacial score (nSPS) is 10.3. The van der Waals surface area contributed by atoms with Crippen molar-refractivity contribution in [2.75, 3.05) is 5.32 Å². The summed E-state index contributed by atoms with van der Waals surface area (Å²) >= 11 is 0. The third kappa shape index (κ3) is 3.40. The third-order valence-electron chi connectivity index (χ3n) is 3.60. The summed E-state index contributed by atoms with van der Waals surface area (Å²) in [5.41, 5.74) is 1.01. The van der Waals surface area contributed by atoms with Gasteiger partial charge in [0, 0.05) is 18.5 Å². The summed E-state index contributed by atoms with van der Waals surface area (Å²) in [7, 11) is 0. The van der Waals surface area contributed by atoms with Crippen molar-refractivity contribution in [3.05, 3.63) is 72.6 Å². The van der Waals surface area contributed by atoms with E-state index < -0.39 is 5.91 Å². The lowest BCUT2D eigenvalue weighted by molar-refractivity contribution is 0.102. The molecule has 0 bridgehead atoms. The number of carbonyl (C=O) groups excluding carboxylic acids is 1. The van der Waals surface area contributed by atoms with Crippen LogP contribution in [0.5, 0.6) is 11.5 Å². The topological polar surface area (TPSA) is 118 Å². The highest BCUT2D eigenvalue weighted by Crippen LogP contribution is 2.24. The summed E-state index contributed by atoms with van der Waals surface area (Å²) in [5.74, 6) is 0.751. The van der Waals surface area contributed by atoms with Crippen LogP contribution in [0.3, 0.4) is 0 Å². The fourth-order valence-electron chi connectivity index (χ4n) is 2.43. The Morgan fingerprint density at radius 1 is 1.22 bits per heavy atom. The van der Waals surface area contributed by atoms with Crippen molar-refractivity contribution >= 4 is 17.4 Å². The van der Waals surface area contributed by atoms with E-state index in [1.54, 1.807) is 47.1 Å². The van der Waals surface area contributed by atoms with Crippen molar-refractivity contribution in [1.29, 1.82) is 5.26 Å². The number of fused-ring (bicyclic) bond motifs is 1. The molecule has 9 nitrogen and oxygen atoms in total. The molecule has 0 saturated heterocycles. The summed E-state index contributed by atoms with van der Waals surface area (Å²) in [6, 6.07) is 10.3. The number of pyridine rings is 3. The van der Waals surface area contributed by atoms with Crippen LogP contribution >= 0.6 is 0 Å². The van der Waals surface area contributed by atoms with E-state index in [4.69, 9.17) is 10.00 Å². The second kappa shape index (κ2) is 6.89. The lowest BCUT2D eigenvalue weighted by Gasteiger charge is -2.09. The molecule has 27 heavy (non-hydrogen) atoms. The van der Waals surface area contributed by atoms with Crippen molar-refractivity contribution in [3.63, 3.8) is 0 Å². The molecule has 4 rings (SSSR count). The molecule has 0 aromatic carbocycles. The van der Waals surface area contributed by atoms with Gasteiger partial charge in [0.25, 0.3) is 5.91 Å². The first-order valence-electron chi connectivity index (χ1n) is 7.82. The smallest absolute Gasteiger partial charge is 0.260 e. The Balaban J connectivity index is 1.69. The minimum Gasteiger partial charge on any atom is -0.454 e. The number of aromatic nitrogens is 5. The van der Waals surface area contributed by atoms with Crippen molar-refractivity contribution < 1.29 is 9.53 Å². The summed E-state index contributed by atoms with van der Waals surface area (Å²) < 4.78 is 7.33. The molecular weight excluding hydrogens is 346 g/mol. The maximum atomic E-state index is 12.7. The number of hydrogen-bond donors (Lipinski definition) is 1. The summed E-state index contributed by atoms with van der Waals surface area (Å²) in [5, 5.41) is 19.5. The van der Waals surface area contributed by atoms with Gasteiger partial charge in [-0.05, 0) is 18.2 Å². The number of rotatable bonds is 4. The third-order valence-corrected chi connectivity index (χ3v) is 3.60. The van der Waals surface area contributed by atoms with E-state index in [2.05, 4.69) is 25.5 Å². The lowest BCUT2D eigenvalue weighted by Crippen LogP contribution is -2.14. The predicted octanol–water partition coefficient (Wildman–Crippen LogP) is 2.44. The van der Waals surface area contributed by atoms with Crippen LogP contribution in [0.25, 0.3) is 5.65 Å². The molecule has 4 aromatic heterocycles. The summed E-state index contributed by atoms with van der Waals surface area (Å²) in [6.45, 7) is 0. The van der Waals surface area contributed by atoms with E-state index >= 15 is 0 Å². The number of hydrogen-bond acceptors (Lipinski definition) is 7. The van der Waals surface area contributed by atoms with Crippen molar-refractivity contribution in [2.24, 2.45) is 0 Å². The Hall–Kier alpha value is -4.32. The van der Waals surface area contributed by atoms with Crippen LogP contribution in [0.4, 0.5) is 5.82 Å². The Bertz CT molecular complexity index is 1170. The van der Waals surface area contributed by atoms with Gasteiger partial charge in [-0.15, -0.1) is 10.2 Å². The van der Waals surface area contributed by atoms with Crippen LogP contribution in [0, 0.1) is 11.3 Å². The van der Waals surface area contributed by atoms with E-state index in [1.807, 2.05) is 6.07 Å². The fraction of sp³-hybridized carbons (Fsp3) is 0. The molecule has 0 fully saturated rings. The standard InChI is InChI=1S/C18H11N7O2/c19-7-12-5-13(9-20-8-12)27-14-6-15(17-24-22-11-25(17)10-14)18(26)23-16-3-1-2-4-21-16/h1-6,8-11H,(H,21,23,26). The van der Waals surface area contributed by atoms with Gasteiger partial charge in [-0.1, -0.05) is 6.07 Å².